The molecule has 0 saturated carbocycles. The monoisotopic (exact) mass is 207 g/mol. The van der Waals surface area contributed by atoms with Gasteiger partial charge in [-0.2, -0.15) is 11.8 Å². The predicted octanol–water partition coefficient (Wildman–Crippen LogP) is 2.84. The summed E-state index contributed by atoms with van der Waals surface area (Å²) in [5.41, 5.74) is 1.39. The van der Waals surface area contributed by atoms with Crippen molar-refractivity contribution in [3.63, 3.8) is 0 Å². The van der Waals surface area contributed by atoms with E-state index in [4.69, 9.17) is 0 Å². The van der Waals surface area contributed by atoms with E-state index in [0.29, 0.717) is 6.04 Å². The number of hydrogen-bond donors (Lipinski definition) is 1. The quantitative estimate of drug-likeness (QED) is 0.818. The minimum Gasteiger partial charge on any atom is -0.307 e. The minimum atomic E-state index is 0.486. The number of hydrogen-bond acceptors (Lipinski definition) is 2. The number of nitrogens with one attached hydrogen (secondary N) is 1. The zero-order valence-corrected chi connectivity index (χ0v) is 9.39. The first-order valence-corrected chi connectivity index (χ1v) is 6.40. The van der Waals surface area contributed by atoms with Crippen LogP contribution >= 0.6 is 11.8 Å². The van der Waals surface area contributed by atoms with Gasteiger partial charge in [-0.25, -0.2) is 0 Å². The Morgan fingerprint density at radius 1 is 1.36 bits per heavy atom. The van der Waals surface area contributed by atoms with Crippen molar-refractivity contribution in [2.75, 3.05) is 11.5 Å². The van der Waals surface area contributed by atoms with E-state index < -0.39 is 0 Å². The van der Waals surface area contributed by atoms with Crippen LogP contribution in [0.4, 0.5) is 0 Å². The van der Waals surface area contributed by atoms with Crippen molar-refractivity contribution in [2.24, 2.45) is 0 Å². The molecule has 0 spiro atoms. The van der Waals surface area contributed by atoms with Gasteiger partial charge in [0.2, 0.25) is 0 Å². The van der Waals surface area contributed by atoms with Crippen LogP contribution < -0.4 is 5.32 Å². The molecule has 2 heteroatoms. The first-order valence-electron chi connectivity index (χ1n) is 5.25. The number of rotatable bonds is 3. The van der Waals surface area contributed by atoms with Crippen molar-refractivity contribution in [3.05, 3.63) is 35.9 Å². The van der Waals surface area contributed by atoms with Crippen molar-refractivity contribution >= 4 is 11.8 Å². The zero-order valence-electron chi connectivity index (χ0n) is 8.57. The Bertz CT molecular complexity index is 267. The fourth-order valence-corrected chi connectivity index (χ4v) is 3.02. The molecule has 1 N–H and O–H groups in total. The van der Waals surface area contributed by atoms with Crippen LogP contribution in [0.5, 0.6) is 0 Å². The van der Waals surface area contributed by atoms with Gasteiger partial charge in [-0.1, -0.05) is 30.3 Å². The number of thioether (sulfide) groups is 1. The third kappa shape index (κ3) is 2.52. The van der Waals surface area contributed by atoms with Gasteiger partial charge in [0, 0.05) is 17.8 Å². The minimum absolute atomic E-state index is 0.486. The predicted molar refractivity (Wildman–Crippen MR) is 63.7 cm³/mol. The molecule has 1 nitrogen and oxygen atoms in total. The van der Waals surface area contributed by atoms with E-state index in [0.717, 1.165) is 6.04 Å². The van der Waals surface area contributed by atoms with E-state index in [1.54, 1.807) is 0 Å². The summed E-state index contributed by atoms with van der Waals surface area (Å²) in [4.78, 5) is 0. The van der Waals surface area contributed by atoms with Crippen LogP contribution in [-0.2, 0) is 0 Å². The van der Waals surface area contributed by atoms with Gasteiger partial charge in [0.05, 0.1) is 0 Å². The third-order valence-corrected chi connectivity index (χ3v) is 3.88. The van der Waals surface area contributed by atoms with E-state index in [1.165, 1.54) is 23.5 Å². The molecule has 76 valence electrons. The Balaban J connectivity index is 1.92. The highest BCUT2D eigenvalue weighted by atomic mass is 32.2. The van der Waals surface area contributed by atoms with Gasteiger partial charge in [-0.05, 0) is 24.7 Å². The first kappa shape index (κ1) is 10.1. The lowest BCUT2D eigenvalue weighted by Crippen LogP contribution is -2.31. The number of benzene rings is 1. The van der Waals surface area contributed by atoms with Crippen molar-refractivity contribution < 1.29 is 0 Å². The molecule has 0 amide bonds. The van der Waals surface area contributed by atoms with Crippen LogP contribution in [0.3, 0.4) is 0 Å². The van der Waals surface area contributed by atoms with E-state index in [9.17, 15) is 0 Å². The molecule has 1 saturated heterocycles. The lowest BCUT2D eigenvalue weighted by Gasteiger charge is -2.18. The molecule has 1 aromatic carbocycles. The third-order valence-electron chi connectivity index (χ3n) is 2.71. The second-order valence-corrected chi connectivity index (χ2v) is 5.01. The highest BCUT2D eigenvalue weighted by Gasteiger charge is 2.17. The molecule has 0 bridgehead atoms. The fourth-order valence-electron chi connectivity index (χ4n) is 1.86. The smallest absolute Gasteiger partial charge is 0.0294 e. The van der Waals surface area contributed by atoms with Gasteiger partial charge in [0.25, 0.3) is 0 Å². The fraction of sp³-hybridized carbons (Fsp3) is 0.500. The summed E-state index contributed by atoms with van der Waals surface area (Å²) in [6.45, 7) is 2.25. The Kier molecular flexibility index (Phi) is 3.49. The SMILES string of the molecule is C[C@@H](NC1CCSC1)c1ccccc1. The molecular weight excluding hydrogens is 190 g/mol. The summed E-state index contributed by atoms with van der Waals surface area (Å²) >= 11 is 2.06. The summed E-state index contributed by atoms with van der Waals surface area (Å²) in [6, 6.07) is 11.9. The maximum Gasteiger partial charge on any atom is 0.0294 e. The molecule has 14 heavy (non-hydrogen) atoms. The second kappa shape index (κ2) is 4.85. The van der Waals surface area contributed by atoms with Gasteiger partial charge >= 0.3 is 0 Å². The van der Waals surface area contributed by atoms with Gasteiger partial charge in [0.15, 0.2) is 0 Å². The molecule has 1 aliphatic heterocycles. The van der Waals surface area contributed by atoms with Crippen LogP contribution in [0.1, 0.15) is 24.9 Å². The summed E-state index contributed by atoms with van der Waals surface area (Å²) in [5.74, 6) is 2.59. The maximum atomic E-state index is 3.67. The highest BCUT2D eigenvalue weighted by molar-refractivity contribution is 7.99. The highest BCUT2D eigenvalue weighted by Crippen LogP contribution is 2.20. The first-order chi connectivity index (χ1) is 6.86. The van der Waals surface area contributed by atoms with Crippen LogP contribution in [-0.4, -0.2) is 17.5 Å². The molecule has 2 rings (SSSR count). The Morgan fingerprint density at radius 3 is 2.79 bits per heavy atom. The van der Waals surface area contributed by atoms with Crippen LogP contribution in [0, 0.1) is 0 Å². The van der Waals surface area contributed by atoms with E-state index in [-0.39, 0.29) is 0 Å². The van der Waals surface area contributed by atoms with E-state index in [2.05, 4.69) is 54.3 Å². The van der Waals surface area contributed by atoms with Gasteiger partial charge < -0.3 is 5.32 Å². The van der Waals surface area contributed by atoms with Crippen molar-refractivity contribution in [3.8, 4) is 0 Å². The van der Waals surface area contributed by atoms with Gasteiger partial charge in [-0.3, -0.25) is 0 Å². The largest absolute Gasteiger partial charge is 0.307 e. The van der Waals surface area contributed by atoms with E-state index >= 15 is 0 Å². The second-order valence-electron chi connectivity index (χ2n) is 3.86. The molecule has 1 aliphatic rings. The Hall–Kier alpha value is -0.470. The molecule has 0 aliphatic carbocycles. The van der Waals surface area contributed by atoms with Crippen molar-refractivity contribution in [1.29, 1.82) is 0 Å². The standard InChI is InChI=1S/C12H17NS/c1-10(11-5-3-2-4-6-11)13-12-7-8-14-9-12/h2-6,10,12-13H,7-9H2,1H3/t10-,12?/m1/s1. The normalized spacial score (nSPS) is 23.6. The van der Waals surface area contributed by atoms with Crippen LogP contribution in [0.15, 0.2) is 30.3 Å². The van der Waals surface area contributed by atoms with E-state index in [1.807, 2.05) is 0 Å². The zero-order chi connectivity index (χ0) is 9.80. The average molecular weight is 207 g/mol. The topological polar surface area (TPSA) is 12.0 Å². The molecule has 0 aromatic heterocycles. The maximum absolute atomic E-state index is 3.67. The Labute approximate surface area is 90.3 Å². The molecule has 1 fully saturated rings. The van der Waals surface area contributed by atoms with Crippen LogP contribution in [0.25, 0.3) is 0 Å². The summed E-state index contributed by atoms with van der Waals surface area (Å²) in [7, 11) is 0. The van der Waals surface area contributed by atoms with Crippen molar-refractivity contribution in [1.82, 2.24) is 5.32 Å². The summed E-state index contributed by atoms with van der Waals surface area (Å²) in [5, 5.41) is 3.67. The molecule has 1 heterocycles. The lowest BCUT2D eigenvalue weighted by molar-refractivity contribution is 0.486. The van der Waals surface area contributed by atoms with Crippen LogP contribution in [0.2, 0.25) is 0 Å². The molecule has 2 atom stereocenters. The molecule has 1 unspecified atom stereocenters. The molecule has 1 aromatic rings. The molecular formula is C12H17NS. The summed E-state index contributed by atoms with van der Waals surface area (Å²) < 4.78 is 0. The lowest BCUT2D eigenvalue weighted by atomic mass is 10.1. The Morgan fingerprint density at radius 2 is 2.14 bits per heavy atom. The van der Waals surface area contributed by atoms with Gasteiger partial charge in [0.1, 0.15) is 0 Å². The van der Waals surface area contributed by atoms with Crippen molar-refractivity contribution in [2.45, 2.75) is 25.4 Å². The molecule has 0 radical (unpaired) electrons. The van der Waals surface area contributed by atoms with Gasteiger partial charge in [-0.15, -0.1) is 0 Å². The summed E-state index contributed by atoms with van der Waals surface area (Å²) in [6.07, 6.45) is 1.32. The average Bonchev–Trinajstić information content (AvgIpc) is 2.72.